The number of amides is 1. The van der Waals surface area contributed by atoms with Crippen molar-refractivity contribution in [2.45, 2.75) is 64.6 Å². The zero-order valence-corrected chi connectivity index (χ0v) is 26.0. The van der Waals surface area contributed by atoms with Crippen LogP contribution in [0.2, 0.25) is 0 Å². The Morgan fingerprint density at radius 3 is 1.76 bits per heavy atom. The van der Waals surface area contributed by atoms with E-state index in [9.17, 15) is 15.0 Å². The van der Waals surface area contributed by atoms with Gasteiger partial charge in [-0.25, -0.2) is 0 Å². The van der Waals surface area contributed by atoms with Crippen LogP contribution in [-0.4, -0.2) is 84.1 Å². The molecule has 3 rings (SSSR count). The molecule has 0 spiro atoms. The number of unbranched alkanes of at least 4 members (excludes halogenated alkanes) is 2. The first-order chi connectivity index (χ1) is 20.5. The molecule has 2 atom stereocenters. The average molecular weight is 597 g/mol. The Hall–Kier alpha value is -2.91. The lowest BCUT2D eigenvalue weighted by Gasteiger charge is -2.27. The molecule has 0 fully saturated rings. The number of thiophene rings is 1. The molecule has 8 heteroatoms. The predicted octanol–water partition coefficient (Wildman–Crippen LogP) is 5.90. The van der Waals surface area contributed by atoms with Crippen LogP contribution in [0.15, 0.2) is 72.8 Å². The molecule has 0 aliphatic rings. The zero-order valence-electron chi connectivity index (χ0n) is 25.2. The fourth-order valence-electron chi connectivity index (χ4n) is 4.65. The molecule has 0 radical (unpaired) electrons. The molecule has 1 amide bonds. The Morgan fingerprint density at radius 1 is 0.738 bits per heavy atom. The molecule has 1 heterocycles. The molecule has 2 aromatic carbocycles. The highest BCUT2D eigenvalue weighted by Crippen LogP contribution is 2.21. The van der Waals surface area contributed by atoms with E-state index in [0.29, 0.717) is 31.1 Å². The van der Waals surface area contributed by atoms with E-state index in [1.165, 1.54) is 4.88 Å². The van der Waals surface area contributed by atoms with Gasteiger partial charge in [-0.1, -0.05) is 63.1 Å². The normalized spacial score (nSPS) is 12.7. The molecule has 230 valence electrons. The second-order valence-corrected chi connectivity index (χ2v) is 11.9. The van der Waals surface area contributed by atoms with E-state index >= 15 is 0 Å². The third kappa shape index (κ3) is 12.5. The van der Waals surface area contributed by atoms with Crippen LogP contribution in [0, 0.1) is 0 Å². The van der Waals surface area contributed by atoms with Crippen molar-refractivity contribution in [2.24, 2.45) is 0 Å². The van der Waals surface area contributed by atoms with Crippen molar-refractivity contribution >= 4 is 17.2 Å². The van der Waals surface area contributed by atoms with Gasteiger partial charge in [-0.15, -0.1) is 11.3 Å². The third-order valence-electron chi connectivity index (χ3n) is 6.93. The SMILES string of the molecule is CCCCN(CCCC)C(=O)c1ccc(CCCN(C[C@H](O)COc2ccccc2)C[C@H](O)COc2ccccc2)s1. The van der Waals surface area contributed by atoms with Crippen LogP contribution in [-0.2, 0) is 6.42 Å². The van der Waals surface area contributed by atoms with E-state index in [4.69, 9.17) is 9.47 Å². The quantitative estimate of drug-likeness (QED) is 0.159. The number of carbonyl (C=O) groups excluding carboxylic acids is 1. The molecule has 7 nitrogen and oxygen atoms in total. The van der Waals surface area contributed by atoms with E-state index in [1.807, 2.05) is 71.6 Å². The molecule has 2 N–H and O–H groups in total. The van der Waals surface area contributed by atoms with Crippen LogP contribution in [0.25, 0.3) is 0 Å². The number of aliphatic hydroxyl groups excluding tert-OH is 2. The van der Waals surface area contributed by atoms with Crippen molar-refractivity contribution in [2.75, 3.05) is 45.9 Å². The Kier molecular flexibility index (Phi) is 15.4. The van der Waals surface area contributed by atoms with E-state index < -0.39 is 12.2 Å². The van der Waals surface area contributed by atoms with Gasteiger partial charge >= 0.3 is 0 Å². The van der Waals surface area contributed by atoms with Gasteiger partial charge in [0.25, 0.3) is 5.91 Å². The summed E-state index contributed by atoms with van der Waals surface area (Å²) in [5.74, 6) is 1.56. The summed E-state index contributed by atoms with van der Waals surface area (Å²) < 4.78 is 11.5. The minimum Gasteiger partial charge on any atom is -0.491 e. The first-order valence-corrected chi connectivity index (χ1v) is 16.1. The van der Waals surface area contributed by atoms with Crippen molar-refractivity contribution in [1.29, 1.82) is 0 Å². The molecule has 3 aromatic rings. The Labute approximate surface area is 255 Å². The number of carbonyl (C=O) groups is 1. The number of para-hydroxylation sites is 2. The molecule has 0 aliphatic heterocycles. The summed E-state index contributed by atoms with van der Waals surface area (Å²) in [5.41, 5.74) is 0. The first-order valence-electron chi connectivity index (χ1n) is 15.3. The Bertz CT molecular complexity index is 1070. The van der Waals surface area contributed by atoms with Gasteiger partial charge in [0, 0.05) is 31.1 Å². The maximum absolute atomic E-state index is 13.2. The molecule has 1 aromatic heterocycles. The van der Waals surface area contributed by atoms with Crippen LogP contribution in [0.3, 0.4) is 0 Å². The fourth-order valence-corrected chi connectivity index (χ4v) is 5.67. The van der Waals surface area contributed by atoms with E-state index in [2.05, 4.69) is 24.8 Å². The molecule has 0 aliphatic carbocycles. The summed E-state index contributed by atoms with van der Waals surface area (Å²) in [5, 5.41) is 21.5. The number of aliphatic hydroxyl groups is 2. The number of rotatable bonds is 21. The van der Waals surface area contributed by atoms with Crippen LogP contribution in [0.4, 0.5) is 0 Å². The van der Waals surface area contributed by atoms with Crippen molar-refractivity contribution in [3.05, 3.63) is 82.6 Å². The van der Waals surface area contributed by atoms with Crippen LogP contribution >= 0.6 is 11.3 Å². The third-order valence-corrected chi connectivity index (χ3v) is 8.06. The summed E-state index contributed by atoms with van der Waals surface area (Å²) >= 11 is 1.58. The number of hydrogen-bond acceptors (Lipinski definition) is 7. The van der Waals surface area contributed by atoms with Gasteiger partial charge in [-0.05, 0) is 68.6 Å². The molecule has 0 unspecified atom stereocenters. The van der Waals surface area contributed by atoms with E-state index in [-0.39, 0.29) is 19.1 Å². The standard InChI is InChI=1S/C34H48N2O5S/c1-3-5-22-36(23-6-4-2)34(39)33-20-19-32(42-33)18-13-21-35(24-28(37)26-40-30-14-9-7-10-15-30)25-29(38)27-41-31-16-11-8-12-17-31/h7-12,14-17,19-20,28-29,37-38H,3-6,13,18,21-27H2,1-2H3/t28-,29-/m0/s1. The van der Waals surface area contributed by atoms with Gasteiger partial charge in [0.15, 0.2) is 0 Å². The minimum atomic E-state index is -0.712. The number of benzene rings is 2. The Morgan fingerprint density at radius 2 is 1.26 bits per heavy atom. The first kappa shape index (κ1) is 33.6. The topological polar surface area (TPSA) is 82.5 Å². The maximum Gasteiger partial charge on any atom is 0.263 e. The number of ether oxygens (including phenoxy) is 2. The molecular weight excluding hydrogens is 548 g/mol. The summed E-state index contributed by atoms with van der Waals surface area (Å²) in [6.07, 6.45) is 4.42. The number of aryl methyl sites for hydroxylation is 1. The maximum atomic E-state index is 13.2. The van der Waals surface area contributed by atoms with Gasteiger partial charge in [0.2, 0.25) is 0 Å². The summed E-state index contributed by atoms with van der Waals surface area (Å²) in [6, 6.07) is 22.9. The fraction of sp³-hybridized carbons (Fsp3) is 0.500. The second kappa shape index (κ2) is 19.3. The minimum absolute atomic E-state index is 0.137. The zero-order chi connectivity index (χ0) is 30.0. The van der Waals surface area contributed by atoms with E-state index in [0.717, 1.165) is 56.5 Å². The van der Waals surface area contributed by atoms with Gasteiger partial charge in [0.05, 0.1) is 4.88 Å². The highest BCUT2D eigenvalue weighted by molar-refractivity contribution is 7.14. The Balaban J connectivity index is 1.54. The van der Waals surface area contributed by atoms with Crippen LogP contribution in [0.5, 0.6) is 11.5 Å². The van der Waals surface area contributed by atoms with Crippen LogP contribution in [0.1, 0.15) is 60.5 Å². The highest BCUT2D eigenvalue weighted by Gasteiger charge is 2.19. The lowest BCUT2D eigenvalue weighted by atomic mass is 10.2. The van der Waals surface area contributed by atoms with Gasteiger partial charge in [-0.2, -0.15) is 0 Å². The summed E-state index contributed by atoms with van der Waals surface area (Å²) in [7, 11) is 0. The average Bonchev–Trinajstić information content (AvgIpc) is 3.49. The van der Waals surface area contributed by atoms with Gasteiger partial charge in [-0.3, -0.25) is 9.69 Å². The smallest absolute Gasteiger partial charge is 0.263 e. The molecule has 0 bridgehead atoms. The predicted molar refractivity (Wildman–Crippen MR) is 171 cm³/mol. The monoisotopic (exact) mass is 596 g/mol. The van der Waals surface area contributed by atoms with Crippen molar-refractivity contribution < 1.29 is 24.5 Å². The second-order valence-electron chi connectivity index (χ2n) is 10.7. The van der Waals surface area contributed by atoms with Crippen molar-refractivity contribution in [3.8, 4) is 11.5 Å². The van der Waals surface area contributed by atoms with Crippen molar-refractivity contribution in [3.63, 3.8) is 0 Å². The summed E-state index contributed by atoms with van der Waals surface area (Å²) in [6.45, 7) is 7.68. The molecule has 0 saturated carbocycles. The van der Waals surface area contributed by atoms with Gasteiger partial charge < -0.3 is 24.6 Å². The van der Waals surface area contributed by atoms with E-state index in [1.54, 1.807) is 11.3 Å². The lowest BCUT2D eigenvalue weighted by molar-refractivity contribution is 0.0310. The summed E-state index contributed by atoms with van der Waals surface area (Å²) in [4.78, 5) is 19.2. The van der Waals surface area contributed by atoms with Crippen molar-refractivity contribution in [1.82, 2.24) is 9.80 Å². The number of nitrogens with zero attached hydrogens (tertiary/aromatic N) is 2. The highest BCUT2D eigenvalue weighted by atomic mass is 32.1. The largest absolute Gasteiger partial charge is 0.491 e. The number of hydrogen-bond donors (Lipinski definition) is 2. The lowest BCUT2D eigenvalue weighted by Crippen LogP contribution is -2.42. The molecule has 42 heavy (non-hydrogen) atoms. The molecular formula is C34H48N2O5S. The van der Waals surface area contributed by atoms with Crippen LogP contribution < -0.4 is 9.47 Å². The van der Waals surface area contributed by atoms with Gasteiger partial charge in [0.1, 0.15) is 36.9 Å². The molecule has 0 saturated heterocycles.